The molecule has 4 aromatic carbocycles. The number of nitro benzene ring substituents is 1. The zero-order valence-corrected chi connectivity index (χ0v) is 45.5. The van der Waals surface area contributed by atoms with Gasteiger partial charge < -0.3 is 29.8 Å². The Balaban J connectivity index is 0.777. The molecule has 5 fully saturated rings. The van der Waals surface area contributed by atoms with Crippen LogP contribution in [0.5, 0.6) is 17.2 Å². The number of aliphatic hydroxyl groups is 1. The van der Waals surface area contributed by atoms with E-state index in [-0.39, 0.29) is 28.3 Å². The Morgan fingerprint density at radius 2 is 1.69 bits per heavy atom. The van der Waals surface area contributed by atoms with Crippen molar-refractivity contribution in [3.8, 4) is 17.2 Å². The molecule has 2 saturated heterocycles. The van der Waals surface area contributed by atoms with Crippen molar-refractivity contribution in [1.29, 1.82) is 0 Å². The maximum atomic E-state index is 14.1. The number of aromatic nitrogens is 2. The van der Waals surface area contributed by atoms with Crippen LogP contribution in [0.15, 0.2) is 108 Å². The van der Waals surface area contributed by atoms with E-state index in [0.717, 1.165) is 101 Å². The fraction of sp³-hybridized carbons (Fsp3) is 0.467. The number of sulfonamides is 1. The molecule has 77 heavy (non-hydrogen) atoms. The fourth-order valence-corrected chi connectivity index (χ4v) is 13.8. The van der Waals surface area contributed by atoms with Gasteiger partial charge in [0.1, 0.15) is 28.6 Å². The Morgan fingerprint density at radius 3 is 2.43 bits per heavy atom. The van der Waals surface area contributed by atoms with Crippen LogP contribution in [0.1, 0.15) is 135 Å². The van der Waals surface area contributed by atoms with Gasteiger partial charge in [0.25, 0.3) is 21.6 Å². The predicted molar refractivity (Wildman–Crippen MR) is 299 cm³/mol. The number of methoxy groups -OCH3 is 1. The monoisotopic (exact) mass is 1060 g/mol. The van der Waals surface area contributed by atoms with Crippen LogP contribution in [-0.4, -0.2) is 102 Å². The van der Waals surface area contributed by atoms with Gasteiger partial charge in [-0.3, -0.25) is 24.7 Å². The van der Waals surface area contributed by atoms with E-state index in [4.69, 9.17) is 9.47 Å². The molecular weight excluding hydrogens is 993 g/mol. The number of pyridine rings is 1. The molecule has 1 spiro atoms. The van der Waals surface area contributed by atoms with Crippen LogP contribution in [-0.2, 0) is 16.6 Å². The lowest BCUT2D eigenvalue weighted by Gasteiger charge is -2.58. The molecule has 3 saturated carbocycles. The highest BCUT2D eigenvalue weighted by atomic mass is 32.2. The first-order chi connectivity index (χ1) is 37.0. The standard InChI is InChI=1S/C60H72N8O8S/c1-39(2)48-7-5-6-8-49(48)54-38-65(37-41-9-16-55(75-4)51(29-41)42-10-11-42)27-28-67(54)45-33-60(34-45)22-25-66(26-23-60)44-12-14-50(56(31-44)76-46-30-43-19-24-61-57(43)63-36-46)58(69)64-77(73,74)47-13-15-52(53(32-47)68(71)72)62-35-40-17-20-59(3,70)21-18-40/h5-9,12-16,19,24,29-32,36,39-40,42,45,54,62,70H,10-11,17-18,20-23,25-28,33-35,37-38H2,1-4H3,(H,61,63)(H,64,69). The number of carbonyl (C=O) groups excluding carboxylic acids is 1. The van der Waals surface area contributed by atoms with E-state index in [1.807, 2.05) is 19.1 Å². The molecule has 406 valence electrons. The van der Waals surface area contributed by atoms with Crippen LogP contribution in [0.3, 0.4) is 0 Å². The quantitative estimate of drug-likeness (QED) is 0.0498. The molecule has 5 aliphatic rings. The normalized spacial score (nSPS) is 22.2. The molecule has 3 aliphatic carbocycles. The third-order valence-electron chi connectivity index (χ3n) is 17.5. The summed E-state index contributed by atoms with van der Waals surface area (Å²) in [6, 6.07) is 29.1. The molecule has 4 N–H and O–H groups in total. The van der Waals surface area contributed by atoms with Crippen LogP contribution in [0.25, 0.3) is 11.0 Å². The number of nitrogens with one attached hydrogen (secondary N) is 3. The minimum Gasteiger partial charge on any atom is -0.496 e. The molecule has 2 aromatic heterocycles. The zero-order valence-electron chi connectivity index (χ0n) is 44.7. The number of rotatable bonds is 17. The topological polar surface area (TPSA) is 195 Å². The summed E-state index contributed by atoms with van der Waals surface area (Å²) in [5.74, 6) is 1.81. The molecule has 1 amide bonds. The van der Waals surface area contributed by atoms with Crippen molar-refractivity contribution in [2.45, 2.75) is 126 Å². The third kappa shape index (κ3) is 11.4. The van der Waals surface area contributed by atoms with Gasteiger partial charge in [-0.1, -0.05) is 50.2 Å². The minimum absolute atomic E-state index is 0.0262. The number of aromatic amines is 1. The first-order valence-corrected chi connectivity index (χ1v) is 29.1. The highest BCUT2D eigenvalue weighted by Gasteiger charge is 2.50. The molecule has 1 atom stereocenters. The second kappa shape index (κ2) is 21.4. The number of amides is 1. The number of hydrogen-bond acceptors (Lipinski definition) is 13. The predicted octanol–water partition coefficient (Wildman–Crippen LogP) is 11.1. The zero-order chi connectivity index (χ0) is 53.6. The van der Waals surface area contributed by atoms with Crippen molar-refractivity contribution >= 4 is 44.0 Å². The van der Waals surface area contributed by atoms with Crippen molar-refractivity contribution in [2.75, 3.05) is 56.6 Å². The lowest BCUT2D eigenvalue weighted by atomic mass is 9.59. The summed E-state index contributed by atoms with van der Waals surface area (Å²) in [5.41, 5.74) is 6.33. The summed E-state index contributed by atoms with van der Waals surface area (Å²) in [6.45, 7) is 12.4. The number of benzene rings is 4. The van der Waals surface area contributed by atoms with Gasteiger partial charge in [0.15, 0.2) is 0 Å². The molecule has 2 aliphatic heterocycles. The second-order valence-electron chi connectivity index (χ2n) is 23.2. The second-order valence-corrected chi connectivity index (χ2v) is 24.9. The summed E-state index contributed by atoms with van der Waals surface area (Å²) in [7, 11) is -2.81. The molecule has 0 bridgehead atoms. The first kappa shape index (κ1) is 52.5. The van der Waals surface area contributed by atoms with E-state index in [0.29, 0.717) is 54.7 Å². The van der Waals surface area contributed by atoms with Crippen LogP contribution in [0, 0.1) is 21.4 Å². The van der Waals surface area contributed by atoms with Crippen molar-refractivity contribution in [2.24, 2.45) is 11.3 Å². The van der Waals surface area contributed by atoms with Crippen LogP contribution >= 0.6 is 0 Å². The van der Waals surface area contributed by atoms with Gasteiger partial charge >= 0.3 is 0 Å². The Kier molecular flexibility index (Phi) is 14.6. The molecule has 17 heteroatoms. The van der Waals surface area contributed by atoms with Crippen LogP contribution in [0.4, 0.5) is 17.1 Å². The number of ether oxygens (including phenoxy) is 2. The molecule has 1 unspecified atom stereocenters. The highest BCUT2D eigenvalue weighted by Crippen LogP contribution is 2.54. The van der Waals surface area contributed by atoms with Crippen molar-refractivity contribution in [1.82, 2.24) is 24.5 Å². The largest absolute Gasteiger partial charge is 0.496 e. The van der Waals surface area contributed by atoms with E-state index in [9.17, 15) is 28.4 Å². The average Bonchev–Trinajstić information content (AvgIpc) is 4.20. The van der Waals surface area contributed by atoms with Gasteiger partial charge in [-0.2, -0.15) is 0 Å². The van der Waals surface area contributed by atoms with Gasteiger partial charge in [0.2, 0.25) is 0 Å². The Bertz CT molecular complexity index is 3260. The summed E-state index contributed by atoms with van der Waals surface area (Å²) < 4.78 is 42.1. The number of anilines is 2. The summed E-state index contributed by atoms with van der Waals surface area (Å²) in [4.78, 5) is 40.7. The number of hydrogen-bond donors (Lipinski definition) is 4. The molecule has 11 rings (SSSR count). The number of carbonyl (C=O) groups is 1. The van der Waals surface area contributed by atoms with E-state index < -0.39 is 37.0 Å². The number of piperidine rings is 1. The summed E-state index contributed by atoms with van der Waals surface area (Å²) >= 11 is 0. The van der Waals surface area contributed by atoms with Crippen molar-refractivity contribution in [3.63, 3.8) is 0 Å². The van der Waals surface area contributed by atoms with Crippen LogP contribution < -0.4 is 24.4 Å². The lowest BCUT2D eigenvalue weighted by Crippen LogP contribution is -2.60. The van der Waals surface area contributed by atoms with Gasteiger partial charge in [-0.15, -0.1) is 0 Å². The number of H-pyrrole nitrogens is 1. The maximum absolute atomic E-state index is 14.1. The third-order valence-corrected chi connectivity index (χ3v) is 18.8. The summed E-state index contributed by atoms with van der Waals surface area (Å²) in [5, 5.41) is 26.5. The molecule has 4 heterocycles. The number of nitro groups is 1. The fourth-order valence-electron chi connectivity index (χ4n) is 12.8. The van der Waals surface area contributed by atoms with Gasteiger partial charge in [0.05, 0.1) is 34.3 Å². The average molecular weight is 1070 g/mol. The Labute approximate surface area is 451 Å². The van der Waals surface area contributed by atoms with Crippen molar-refractivity contribution in [3.05, 3.63) is 141 Å². The number of fused-ring (bicyclic) bond motifs is 1. The molecule has 16 nitrogen and oxygen atoms in total. The highest BCUT2D eigenvalue weighted by molar-refractivity contribution is 7.90. The van der Waals surface area contributed by atoms with E-state index in [2.05, 4.69) is 91.0 Å². The lowest BCUT2D eigenvalue weighted by molar-refractivity contribution is -0.384. The molecular formula is C60H72N8O8S. The summed E-state index contributed by atoms with van der Waals surface area (Å²) in [6.07, 6.45) is 12.9. The molecule has 6 aromatic rings. The first-order valence-electron chi connectivity index (χ1n) is 27.6. The smallest absolute Gasteiger partial charge is 0.293 e. The number of piperazine rings is 1. The van der Waals surface area contributed by atoms with E-state index in [1.165, 1.54) is 47.2 Å². The maximum Gasteiger partial charge on any atom is 0.293 e. The van der Waals surface area contributed by atoms with Gasteiger partial charge in [0, 0.05) is 87.3 Å². The Morgan fingerprint density at radius 1 is 0.909 bits per heavy atom. The number of nitrogens with zero attached hydrogens (tertiary/aromatic N) is 5. The molecule has 0 radical (unpaired) electrons. The SMILES string of the molecule is COc1ccc(CN2CCN(C3CC4(CCN(c5ccc(C(=O)NS(=O)(=O)c6ccc(NCC7CCC(C)(O)CC7)c([N+](=O)[O-])c6)c(Oc6cnc7[nH]ccc7c6)c5)CC4)C3)C(c3ccccc3C(C)C)C2)cc1C1CC1. The Hall–Kier alpha value is -6.53. The van der Waals surface area contributed by atoms with Gasteiger partial charge in [-0.05, 0) is 159 Å². The van der Waals surface area contributed by atoms with E-state index in [1.54, 1.807) is 37.7 Å². The van der Waals surface area contributed by atoms with Gasteiger partial charge in [-0.25, -0.2) is 18.1 Å². The minimum atomic E-state index is -4.59. The van der Waals surface area contributed by atoms with Crippen molar-refractivity contribution < 1.29 is 32.7 Å². The van der Waals surface area contributed by atoms with Crippen LogP contribution in [0.2, 0.25) is 0 Å². The van der Waals surface area contributed by atoms with E-state index >= 15 is 0 Å².